The van der Waals surface area contributed by atoms with Gasteiger partial charge in [0.25, 0.3) is 10.0 Å². The molecule has 1 atom stereocenters. The maximum Gasteiger partial charge on any atom is 0.346 e. The van der Waals surface area contributed by atoms with E-state index in [2.05, 4.69) is 9.46 Å². The van der Waals surface area contributed by atoms with Gasteiger partial charge in [-0.3, -0.25) is 4.72 Å². The fourth-order valence-electron chi connectivity index (χ4n) is 2.33. The van der Waals surface area contributed by atoms with E-state index >= 15 is 0 Å². The molecule has 150 valence electrons. The standard InChI is InChI=1S/C19H21NO7S/c1-12-5-6-14(19(22)27-13(2)18(21)26-4)11-17(12)28(23,24)20-15-7-9-16(25-3)10-8-15/h5-11,13,20H,1-4H3/t13-/m1/s1. The highest BCUT2D eigenvalue weighted by Gasteiger charge is 2.23. The van der Waals surface area contributed by atoms with Crippen molar-refractivity contribution in [3.63, 3.8) is 0 Å². The topological polar surface area (TPSA) is 108 Å². The molecule has 0 saturated heterocycles. The highest BCUT2D eigenvalue weighted by Crippen LogP contribution is 2.23. The van der Waals surface area contributed by atoms with Crippen LogP contribution < -0.4 is 9.46 Å². The number of hydrogen-bond acceptors (Lipinski definition) is 7. The molecule has 0 aliphatic carbocycles. The summed E-state index contributed by atoms with van der Waals surface area (Å²) in [5, 5.41) is 0. The summed E-state index contributed by atoms with van der Waals surface area (Å²) < 4.78 is 42.5. The summed E-state index contributed by atoms with van der Waals surface area (Å²) in [6.45, 7) is 2.97. The molecule has 0 spiro atoms. The van der Waals surface area contributed by atoms with Crippen LogP contribution in [0.15, 0.2) is 47.4 Å². The Hall–Kier alpha value is -3.07. The Morgan fingerprint density at radius 1 is 1.04 bits per heavy atom. The zero-order valence-corrected chi connectivity index (χ0v) is 16.7. The smallest absolute Gasteiger partial charge is 0.346 e. The molecule has 0 fully saturated rings. The monoisotopic (exact) mass is 407 g/mol. The molecule has 2 aromatic rings. The van der Waals surface area contributed by atoms with E-state index in [4.69, 9.17) is 9.47 Å². The molecule has 8 nitrogen and oxygen atoms in total. The summed E-state index contributed by atoms with van der Waals surface area (Å²) in [5.74, 6) is -0.961. The maximum absolute atomic E-state index is 12.8. The minimum Gasteiger partial charge on any atom is -0.497 e. The van der Waals surface area contributed by atoms with Gasteiger partial charge in [-0.05, 0) is 55.8 Å². The van der Waals surface area contributed by atoms with Gasteiger partial charge in [0.1, 0.15) is 5.75 Å². The van der Waals surface area contributed by atoms with E-state index in [9.17, 15) is 18.0 Å². The molecule has 28 heavy (non-hydrogen) atoms. The Kier molecular flexibility index (Phi) is 6.63. The molecule has 2 aromatic carbocycles. The lowest BCUT2D eigenvalue weighted by Crippen LogP contribution is -2.25. The number of methoxy groups -OCH3 is 2. The van der Waals surface area contributed by atoms with Gasteiger partial charge in [-0.1, -0.05) is 6.07 Å². The number of carbonyl (C=O) groups excluding carboxylic acids is 2. The largest absolute Gasteiger partial charge is 0.497 e. The maximum atomic E-state index is 12.8. The lowest BCUT2D eigenvalue weighted by Gasteiger charge is -2.14. The first-order valence-corrected chi connectivity index (χ1v) is 9.72. The lowest BCUT2D eigenvalue weighted by molar-refractivity contribution is -0.149. The van der Waals surface area contributed by atoms with Crippen LogP contribution in [0, 0.1) is 6.92 Å². The van der Waals surface area contributed by atoms with Crippen molar-refractivity contribution in [2.45, 2.75) is 24.8 Å². The predicted octanol–water partition coefficient (Wildman–Crippen LogP) is 2.52. The van der Waals surface area contributed by atoms with Crippen molar-refractivity contribution in [2.75, 3.05) is 18.9 Å². The van der Waals surface area contributed by atoms with Crippen molar-refractivity contribution in [2.24, 2.45) is 0 Å². The summed E-state index contributed by atoms with van der Waals surface area (Å²) in [4.78, 5) is 23.5. The van der Waals surface area contributed by atoms with Crippen molar-refractivity contribution in [3.8, 4) is 5.75 Å². The number of nitrogens with one attached hydrogen (secondary N) is 1. The second-order valence-corrected chi connectivity index (χ2v) is 7.54. The van der Waals surface area contributed by atoms with Gasteiger partial charge in [-0.25, -0.2) is 18.0 Å². The zero-order chi connectivity index (χ0) is 20.9. The van der Waals surface area contributed by atoms with E-state index in [0.717, 1.165) is 0 Å². The normalized spacial score (nSPS) is 12.0. The minimum absolute atomic E-state index is 0.00328. The summed E-state index contributed by atoms with van der Waals surface area (Å²) in [5.41, 5.74) is 0.780. The van der Waals surface area contributed by atoms with Gasteiger partial charge in [0.2, 0.25) is 0 Å². The molecule has 0 bridgehead atoms. The van der Waals surface area contributed by atoms with Crippen molar-refractivity contribution in [1.29, 1.82) is 0 Å². The fourth-order valence-corrected chi connectivity index (χ4v) is 3.66. The van der Waals surface area contributed by atoms with Crippen LogP contribution in [0.5, 0.6) is 5.75 Å². The van der Waals surface area contributed by atoms with Gasteiger partial charge in [0.15, 0.2) is 6.10 Å². The first kappa shape index (κ1) is 21.2. The van der Waals surface area contributed by atoms with E-state index in [1.807, 2.05) is 0 Å². The van der Waals surface area contributed by atoms with Gasteiger partial charge in [0, 0.05) is 5.69 Å². The Morgan fingerprint density at radius 2 is 1.68 bits per heavy atom. The molecule has 0 amide bonds. The van der Waals surface area contributed by atoms with E-state index in [1.165, 1.54) is 39.3 Å². The molecular weight excluding hydrogens is 386 g/mol. The molecule has 0 radical (unpaired) electrons. The van der Waals surface area contributed by atoms with Crippen LogP contribution in [0.25, 0.3) is 0 Å². The van der Waals surface area contributed by atoms with Crippen molar-refractivity contribution >= 4 is 27.6 Å². The number of rotatable bonds is 7. The number of anilines is 1. The van der Waals surface area contributed by atoms with Gasteiger partial charge in [-0.2, -0.15) is 0 Å². The Bertz CT molecular complexity index is 968. The second-order valence-electron chi connectivity index (χ2n) is 5.88. The van der Waals surface area contributed by atoms with E-state index in [1.54, 1.807) is 31.2 Å². The van der Waals surface area contributed by atoms with Crippen LogP contribution in [0.3, 0.4) is 0 Å². The fraction of sp³-hybridized carbons (Fsp3) is 0.263. The molecular formula is C19H21NO7S. The summed E-state index contributed by atoms with van der Waals surface area (Å²) in [7, 11) is -1.28. The second kappa shape index (κ2) is 8.75. The van der Waals surface area contributed by atoms with Gasteiger partial charge in [-0.15, -0.1) is 0 Å². The number of benzene rings is 2. The summed E-state index contributed by atoms with van der Waals surface area (Å²) in [6, 6.07) is 10.5. The average Bonchev–Trinajstić information content (AvgIpc) is 2.67. The van der Waals surface area contributed by atoms with Crippen LogP contribution >= 0.6 is 0 Å². The third kappa shape index (κ3) is 5.01. The average molecular weight is 407 g/mol. The van der Waals surface area contributed by atoms with E-state index in [-0.39, 0.29) is 10.5 Å². The molecule has 0 aliphatic heterocycles. The van der Waals surface area contributed by atoms with Gasteiger partial charge in [0.05, 0.1) is 24.7 Å². The number of hydrogen-bond donors (Lipinski definition) is 1. The molecule has 1 N–H and O–H groups in total. The molecule has 0 saturated carbocycles. The molecule has 9 heteroatoms. The highest BCUT2D eigenvalue weighted by atomic mass is 32.2. The Morgan fingerprint density at radius 3 is 2.25 bits per heavy atom. The Balaban J connectivity index is 2.27. The van der Waals surface area contributed by atoms with E-state index in [0.29, 0.717) is 17.0 Å². The zero-order valence-electron chi connectivity index (χ0n) is 15.9. The number of sulfonamides is 1. The van der Waals surface area contributed by atoms with E-state index < -0.39 is 28.1 Å². The molecule has 0 aromatic heterocycles. The SMILES string of the molecule is COC(=O)[C@@H](C)OC(=O)c1ccc(C)c(S(=O)(=O)Nc2ccc(OC)cc2)c1. The van der Waals surface area contributed by atoms with Gasteiger partial charge < -0.3 is 14.2 Å². The molecule has 2 rings (SSSR count). The summed E-state index contributed by atoms with van der Waals surface area (Å²) >= 11 is 0. The third-order valence-corrected chi connectivity index (χ3v) is 5.40. The lowest BCUT2D eigenvalue weighted by atomic mass is 10.1. The van der Waals surface area contributed by atoms with Crippen LogP contribution in [0.1, 0.15) is 22.8 Å². The van der Waals surface area contributed by atoms with Crippen LogP contribution in [0.2, 0.25) is 0 Å². The van der Waals surface area contributed by atoms with Crippen molar-refractivity contribution in [1.82, 2.24) is 0 Å². The van der Waals surface area contributed by atoms with Crippen molar-refractivity contribution < 1.29 is 32.2 Å². The third-order valence-electron chi connectivity index (χ3n) is 3.87. The highest BCUT2D eigenvalue weighted by molar-refractivity contribution is 7.92. The molecule has 0 unspecified atom stereocenters. The number of ether oxygens (including phenoxy) is 3. The number of esters is 2. The Labute approximate surface area is 163 Å². The summed E-state index contributed by atoms with van der Waals surface area (Å²) in [6.07, 6.45) is -1.11. The minimum atomic E-state index is -3.96. The quantitative estimate of drug-likeness (QED) is 0.703. The predicted molar refractivity (Wildman–Crippen MR) is 102 cm³/mol. The first-order chi connectivity index (χ1) is 13.2. The first-order valence-electron chi connectivity index (χ1n) is 8.24. The van der Waals surface area contributed by atoms with Crippen LogP contribution in [-0.4, -0.2) is 40.7 Å². The van der Waals surface area contributed by atoms with Crippen LogP contribution in [-0.2, 0) is 24.3 Å². The number of carbonyl (C=O) groups is 2. The van der Waals surface area contributed by atoms with Crippen LogP contribution in [0.4, 0.5) is 5.69 Å². The van der Waals surface area contributed by atoms with Crippen molar-refractivity contribution in [3.05, 3.63) is 53.6 Å². The number of aryl methyl sites for hydroxylation is 1. The van der Waals surface area contributed by atoms with Gasteiger partial charge >= 0.3 is 11.9 Å². The molecule has 0 aliphatic rings. The molecule has 0 heterocycles.